The molecule has 0 amide bonds. The number of carbonyl (C=O) groups excluding carboxylic acids is 2. The summed E-state index contributed by atoms with van der Waals surface area (Å²) in [5.41, 5.74) is -0.454. The highest BCUT2D eigenvalue weighted by Crippen LogP contribution is 2.74. The van der Waals surface area contributed by atoms with Crippen LogP contribution in [0.4, 0.5) is 0 Å². The molecule has 3 unspecified atom stereocenters. The van der Waals surface area contributed by atoms with E-state index in [1.165, 1.54) is 7.11 Å². The number of rotatable bonds is 1. The molecule has 3 fully saturated rings. The van der Waals surface area contributed by atoms with E-state index in [-0.39, 0.29) is 45.8 Å². The third-order valence-electron chi connectivity index (χ3n) is 12.7. The van der Waals surface area contributed by atoms with Crippen molar-refractivity contribution in [3.63, 3.8) is 0 Å². The van der Waals surface area contributed by atoms with Crippen molar-refractivity contribution in [2.75, 3.05) is 7.11 Å². The SMILES string of the molecule is COC(=O)[C@]12CCC(C)(C)CC1C1C(=O)C=C3[C@@]4(C)C=C(C#N)C(O)C(C)(C)[C@@H]4CC[C@@]3(C)[C@]1(C)CC2. The van der Waals surface area contributed by atoms with Crippen LogP contribution in [0.3, 0.4) is 0 Å². The van der Waals surface area contributed by atoms with Crippen molar-refractivity contribution in [2.24, 2.45) is 50.2 Å². The Morgan fingerprint density at radius 2 is 1.70 bits per heavy atom. The number of nitrogens with zero attached hydrogens (tertiary/aromatic N) is 1. The van der Waals surface area contributed by atoms with Gasteiger partial charge >= 0.3 is 5.97 Å². The molecule has 5 nitrogen and oxygen atoms in total. The molecule has 5 aliphatic rings. The van der Waals surface area contributed by atoms with Crippen molar-refractivity contribution in [3.8, 4) is 6.07 Å². The monoisotopic (exact) mass is 507 g/mol. The van der Waals surface area contributed by atoms with Crippen molar-refractivity contribution in [2.45, 2.75) is 99.5 Å². The molecule has 3 saturated carbocycles. The predicted octanol–water partition coefficient (Wildman–Crippen LogP) is 6.17. The summed E-state index contributed by atoms with van der Waals surface area (Å²) in [5, 5.41) is 21.0. The summed E-state index contributed by atoms with van der Waals surface area (Å²) in [4.78, 5) is 27.8. The fraction of sp³-hybridized carbons (Fsp3) is 0.781. The van der Waals surface area contributed by atoms with Gasteiger partial charge in [-0.15, -0.1) is 0 Å². The lowest BCUT2D eigenvalue weighted by Crippen LogP contribution is -2.66. The molecule has 0 aliphatic heterocycles. The molecule has 0 heterocycles. The number of carbonyl (C=O) groups is 2. The number of nitriles is 1. The van der Waals surface area contributed by atoms with Crippen LogP contribution in [0.25, 0.3) is 0 Å². The van der Waals surface area contributed by atoms with Crippen molar-refractivity contribution in [1.82, 2.24) is 0 Å². The Hall–Kier alpha value is -1.93. The van der Waals surface area contributed by atoms with Gasteiger partial charge in [-0.1, -0.05) is 60.1 Å². The lowest BCUT2D eigenvalue weighted by atomic mass is 9.34. The summed E-state index contributed by atoms with van der Waals surface area (Å²) in [6.45, 7) is 15.5. The molecular weight excluding hydrogens is 462 g/mol. The second-order valence-electron chi connectivity index (χ2n) is 15.1. The van der Waals surface area contributed by atoms with Crippen LogP contribution >= 0.6 is 0 Å². The van der Waals surface area contributed by atoms with Gasteiger partial charge in [-0.25, -0.2) is 0 Å². The summed E-state index contributed by atoms with van der Waals surface area (Å²) in [6.07, 6.45) is 9.14. The maximum absolute atomic E-state index is 14.4. The average Bonchev–Trinajstić information content (AvgIpc) is 2.82. The molecule has 0 aromatic carbocycles. The Bertz CT molecular complexity index is 1160. The zero-order chi connectivity index (χ0) is 27.4. The Balaban J connectivity index is 1.70. The fourth-order valence-corrected chi connectivity index (χ4v) is 10.4. The van der Waals surface area contributed by atoms with Gasteiger partial charge in [0.2, 0.25) is 0 Å². The van der Waals surface area contributed by atoms with E-state index in [1.54, 1.807) is 0 Å². The Morgan fingerprint density at radius 1 is 1.05 bits per heavy atom. The molecule has 5 aliphatic carbocycles. The van der Waals surface area contributed by atoms with Crippen LogP contribution in [0.1, 0.15) is 93.4 Å². The minimum absolute atomic E-state index is 0.0371. The van der Waals surface area contributed by atoms with Gasteiger partial charge in [-0.2, -0.15) is 5.26 Å². The van der Waals surface area contributed by atoms with Crippen molar-refractivity contribution < 1.29 is 19.4 Å². The maximum Gasteiger partial charge on any atom is 0.312 e. The van der Waals surface area contributed by atoms with Gasteiger partial charge in [-0.05, 0) is 84.5 Å². The van der Waals surface area contributed by atoms with E-state index < -0.39 is 22.3 Å². The van der Waals surface area contributed by atoms with Gasteiger partial charge < -0.3 is 9.84 Å². The second-order valence-corrected chi connectivity index (χ2v) is 15.1. The van der Waals surface area contributed by atoms with E-state index in [2.05, 4.69) is 54.5 Å². The number of aliphatic hydroxyl groups is 1. The van der Waals surface area contributed by atoms with E-state index in [9.17, 15) is 20.0 Å². The summed E-state index contributed by atoms with van der Waals surface area (Å²) >= 11 is 0. The highest BCUT2D eigenvalue weighted by Gasteiger charge is 2.71. The van der Waals surface area contributed by atoms with Gasteiger partial charge in [0, 0.05) is 11.3 Å². The van der Waals surface area contributed by atoms with Gasteiger partial charge in [-0.3, -0.25) is 9.59 Å². The number of aliphatic hydroxyl groups excluding tert-OH is 1. The van der Waals surface area contributed by atoms with Crippen LogP contribution in [-0.4, -0.2) is 30.1 Å². The minimum Gasteiger partial charge on any atom is -0.469 e. The van der Waals surface area contributed by atoms with Crippen molar-refractivity contribution in [1.29, 1.82) is 5.26 Å². The van der Waals surface area contributed by atoms with Gasteiger partial charge in [0.05, 0.1) is 30.3 Å². The Labute approximate surface area is 222 Å². The number of hydrogen-bond donors (Lipinski definition) is 1. The normalized spacial score (nSPS) is 47.6. The number of hydrogen-bond acceptors (Lipinski definition) is 5. The van der Waals surface area contributed by atoms with Crippen LogP contribution in [0.15, 0.2) is 23.3 Å². The Kier molecular flexibility index (Phi) is 5.63. The fourth-order valence-electron chi connectivity index (χ4n) is 10.4. The summed E-state index contributed by atoms with van der Waals surface area (Å²) in [5.74, 6) is -0.127. The first-order valence-corrected chi connectivity index (χ1v) is 14.2. The molecule has 202 valence electrons. The summed E-state index contributed by atoms with van der Waals surface area (Å²) in [6, 6.07) is 2.27. The molecule has 0 spiro atoms. The molecule has 0 radical (unpaired) electrons. The highest BCUT2D eigenvalue weighted by molar-refractivity contribution is 5.96. The Morgan fingerprint density at radius 3 is 2.32 bits per heavy atom. The quantitative estimate of drug-likeness (QED) is 0.429. The third-order valence-corrected chi connectivity index (χ3v) is 12.7. The number of ether oxygens (including phenoxy) is 1. The van der Waals surface area contributed by atoms with Crippen LogP contribution < -0.4 is 0 Å². The van der Waals surface area contributed by atoms with Crippen LogP contribution in [0, 0.1) is 61.6 Å². The summed E-state index contributed by atoms with van der Waals surface area (Å²) < 4.78 is 5.41. The average molecular weight is 508 g/mol. The van der Waals surface area contributed by atoms with E-state index in [1.807, 2.05) is 12.2 Å². The topological polar surface area (TPSA) is 87.4 Å². The number of ketones is 1. The lowest BCUT2D eigenvalue weighted by Gasteiger charge is -2.69. The number of methoxy groups -OCH3 is 1. The zero-order valence-corrected chi connectivity index (χ0v) is 24.0. The van der Waals surface area contributed by atoms with E-state index >= 15 is 0 Å². The number of fused-ring (bicyclic) bond motifs is 7. The van der Waals surface area contributed by atoms with Crippen molar-refractivity contribution >= 4 is 11.8 Å². The van der Waals surface area contributed by atoms with Crippen LogP contribution in [-0.2, 0) is 14.3 Å². The highest BCUT2D eigenvalue weighted by atomic mass is 16.5. The van der Waals surface area contributed by atoms with E-state index in [0.717, 1.165) is 50.5 Å². The van der Waals surface area contributed by atoms with Crippen molar-refractivity contribution in [3.05, 3.63) is 23.3 Å². The van der Waals surface area contributed by atoms with Gasteiger partial charge in [0.15, 0.2) is 5.78 Å². The summed E-state index contributed by atoms with van der Waals surface area (Å²) in [7, 11) is 1.49. The molecule has 0 saturated heterocycles. The molecule has 1 N–H and O–H groups in total. The number of allylic oxidation sites excluding steroid dienone is 3. The molecule has 5 heteroatoms. The first-order chi connectivity index (χ1) is 17.0. The first kappa shape index (κ1) is 26.7. The number of esters is 1. The van der Waals surface area contributed by atoms with E-state index in [0.29, 0.717) is 5.57 Å². The second kappa shape index (κ2) is 7.81. The molecule has 0 bridgehead atoms. The largest absolute Gasteiger partial charge is 0.469 e. The molecule has 8 atom stereocenters. The smallest absolute Gasteiger partial charge is 0.312 e. The standard InChI is InChI=1S/C32H45NO4/c1-27(2)11-13-32(26(36)37-8)14-12-31(7)24(20(32)17-27)21(34)15-23-29(5)16-19(18-33)25(35)28(3,4)22(29)9-10-30(23,31)6/h15-16,20,22,24-25,35H,9-14,17H2,1-8H3/t20?,22-,24?,25?,29-,30+,31+,32-/m0/s1. The van der Waals surface area contributed by atoms with E-state index in [4.69, 9.17) is 4.74 Å². The molecule has 5 rings (SSSR count). The van der Waals surface area contributed by atoms with Gasteiger partial charge in [0.1, 0.15) is 0 Å². The molecule has 0 aromatic rings. The third kappa shape index (κ3) is 3.17. The maximum atomic E-state index is 14.4. The van der Waals surface area contributed by atoms with Crippen LogP contribution in [0.5, 0.6) is 0 Å². The van der Waals surface area contributed by atoms with Crippen LogP contribution in [0.2, 0.25) is 0 Å². The van der Waals surface area contributed by atoms with Gasteiger partial charge in [0.25, 0.3) is 0 Å². The first-order valence-electron chi connectivity index (χ1n) is 14.2. The molecule has 37 heavy (non-hydrogen) atoms. The molecule has 0 aromatic heterocycles. The lowest BCUT2D eigenvalue weighted by molar-refractivity contribution is -0.191. The predicted molar refractivity (Wildman–Crippen MR) is 142 cm³/mol. The molecular formula is C32H45NO4. The minimum atomic E-state index is -0.803. The zero-order valence-electron chi connectivity index (χ0n) is 24.0.